The van der Waals surface area contributed by atoms with Crippen molar-refractivity contribution in [3.05, 3.63) is 12.7 Å². The third-order valence-electron chi connectivity index (χ3n) is 3.57. The molecule has 1 amide bonds. The molecule has 0 saturated heterocycles. The van der Waals surface area contributed by atoms with Crippen LogP contribution in [0.4, 0.5) is 0 Å². The average molecular weight is 267 g/mol. The van der Waals surface area contributed by atoms with Gasteiger partial charge in [0, 0.05) is 13.0 Å². The van der Waals surface area contributed by atoms with Gasteiger partial charge in [-0.1, -0.05) is 31.8 Å². The van der Waals surface area contributed by atoms with Crippen molar-refractivity contribution in [3.63, 3.8) is 0 Å². The molecule has 0 aliphatic heterocycles. The zero-order chi connectivity index (χ0) is 14.1. The first kappa shape index (κ1) is 15.7. The van der Waals surface area contributed by atoms with Crippen molar-refractivity contribution < 1.29 is 14.3 Å². The Balaban J connectivity index is 2.37. The zero-order valence-corrected chi connectivity index (χ0v) is 11.9. The normalized spacial score (nSPS) is 15.2. The minimum Gasteiger partial charge on any atom is -0.465 e. The lowest BCUT2D eigenvalue weighted by atomic mass is 10.0. The fourth-order valence-corrected chi connectivity index (χ4v) is 2.56. The van der Waals surface area contributed by atoms with E-state index in [4.69, 9.17) is 4.74 Å². The van der Waals surface area contributed by atoms with E-state index in [9.17, 15) is 9.59 Å². The fourth-order valence-electron chi connectivity index (χ4n) is 2.56. The van der Waals surface area contributed by atoms with Gasteiger partial charge in [0.2, 0.25) is 5.91 Å². The molecular formula is C15H25NO3. The predicted molar refractivity (Wildman–Crippen MR) is 74.6 cm³/mol. The number of rotatable bonds is 8. The molecule has 108 valence electrons. The molecule has 0 atom stereocenters. The molecule has 0 aromatic carbocycles. The second-order valence-corrected chi connectivity index (χ2v) is 5.06. The van der Waals surface area contributed by atoms with Gasteiger partial charge in [-0.3, -0.25) is 9.59 Å². The Labute approximate surface area is 115 Å². The van der Waals surface area contributed by atoms with Crippen LogP contribution in [0, 0.1) is 5.92 Å². The summed E-state index contributed by atoms with van der Waals surface area (Å²) in [6.07, 6.45) is 8.18. The standard InChI is InChI=1S/C15H25NO3/c1-3-11-16(12-15(18)19-4-2)14(17)10-9-13-7-5-6-8-13/h3,13H,1,4-12H2,2H3. The van der Waals surface area contributed by atoms with Crippen molar-refractivity contribution in [2.24, 2.45) is 5.92 Å². The lowest BCUT2D eigenvalue weighted by Gasteiger charge is -2.20. The van der Waals surface area contributed by atoms with E-state index in [-0.39, 0.29) is 18.4 Å². The smallest absolute Gasteiger partial charge is 0.325 e. The molecule has 1 saturated carbocycles. The van der Waals surface area contributed by atoms with E-state index in [0.717, 1.165) is 6.42 Å². The molecule has 4 heteroatoms. The first-order chi connectivity index (χ1) is 9.17. The number of nitrogens with zero attached hydrogens (tertiary/aromatic N) is 1. The number of hydrogen-bond acceptors (Lipinski definition) is 3. The Hall–Kier alpha value is -1.32. The summed E-state index contributed by atoms with van der Waals surface area (Å²) in [4.78, 5) is 25.1. The van der Waals surface area contributed by atoms with E-state index < -0.39 is 0 Å². The first-order valence-electron chi connectivity index (χ1n) is 7.21. The summed E-state index contributed by atoms with van der Waals surface area (Å²) in [5.74, 6) is 0.371. The summed E-state index contributed by atoms with van der Waals surface area (Å²) < 4.78 is 4.88. The van der Waals surface area contributed by atoms with Crippen molar-refractivity contribution in [2.45, 2.75) is 45.4 Å². The topological polar surface area (TPSA) is 46.6 Å². The SMILES string of the molecule is C=CCN(CC(=O)OCC)C(=O)CCC1CCCC1. The largest absolute Gasteiger partial charge is 0.465 e. The zero-order valence-electron chi connectivity index (χ0n) is 11.9. The van der Waals surface area contributed by atoms with Crippen molar-refractivity contribution >= 4 is 11.9 Å². The van der Waals surface area contributed by atoms with E-state index in [2.05, 4.69) is 6.58 Å². The molecule has 0 spiro atoms. The molecule has 19 heavy (non-hydrogen) atoms. The van der Waals surface area contributed by atoms with Crippen LogP contribution in [0.1, 0.15) is 45.4 Å². The van der Waals surface area contributed by atoms with Crippen molar-refractivity contribution in [2.75, 3.05) is 19.7 Å². The second kappa shape index (κ2) is 8.73. The molecule has 1 rings (SSSR count). The number of amides is 1. The van der Waals surface area contributed by atoms with E-state index in [1.165, 1.54) is 30.6 Å². The maximum absolute atomic E-state index is 12.1. The Morgan fingerprint density at radius 2 is 2.05 bits per heavy atom. The maximum Gasteiger partial charge on any atom is 0.325 e. The average Bonchev–Trinajstić information content (AvgIpc) is 2.89. The van der Waals surface area contributed by atoms with Gasteiger partial charge < -0.3 is 9.64 Å². The number of ether oxygens (including phenoxy) is 1. The van der Waals surface area contributed by atoms with Crippen LogP contribution < -0.4 is 0 Å². The summed E-state index contributed by atoms with van der Waals surface area (Å²) in [5.41, 5.74) is 0. The van der Waals surface area contributed by atoms with Gasteiger partial charge in [-0.2, -0.15) is 0 Å². The number of esters is 1. The Morgan fingerprint density at radius 3 is 2.63 bits per heavy atom. The molecule has 0 heterocycles. The van der Waals surface area contributed by atoms with Gasteiger partial charge in [-0.05, 0) is 19.3 Å². The fraction of sp³-hybridized carbons (Fsp3) is 0.733. The lowest BCUT2D eigenvalue weighted by Crippen LogP contribution is -2.36. The van der Waals surface area contributed by atoms with Gasteiger partial charge in [0.1, 0.15) is 6.54 Å². The molecule has 0 N–H and O–H groups in total. The van der Waals surface area contributed by atoms with Gasteiger partial charge in [0.05, 0.1) is 6.61 Å². The third kappa shape index (κ3) is 5.90. The predicted octanol–water partition coefficient (Wildman–Crippen LogP) is 2.53. The Bertz CT molecular complexity index is 309. The molecule has 0 radical (unpaired) electrons. The van der Waals surface area contributed by atoms with E-state index in [1.54, 1.807) is 13.0 Å². The molecular weight excluding hydrogens is 242 g/mol. The second-order valence-electron chi connectivity index (χ2n) is 5.06. The first-order valence-corrected chi connectivity index (χ1v) is 7.21. The van der Waals surface area contributed by atoms with Crippen molar-refractivity contribution in [1.29, 1.82) is 0 Å². The van der Waals surface area contributed by atoms with E-state index in [0.29, 0.717) is 25.5 Å². The molecule has 0 aromatic heterocycles. The molecule has 0 aromatic rings. The van der Waals surface area contributed by atoms with Crippen LogP contribution in [0.25, 0.3) is 0 Å². The van der Waals surface area contributed by atoms with Crippen LogP contribution in [0.15, 0.2) is 12.7 Å². The summed E-state index contributed by atoms with van der Waals surface area (Å²) in [5, 5.41) is 0. The van der Waals surface area contributed by atoms with Crippen LogP contribution in [0.3, 0.4) is 0 Å². The van der Waals surface area contributed by atoms with Crippen molar-refractivity contribution in [3.8, 4) is 0 Å². The number of carbonyl (C=O) groups excluding carboxylic acids is 2. The Kier molecular flexibility index (Phi) is 7.23. The summed E-state index contributed by atoms with van der Waals surface area (Å²) in [6.45, 7) is 6.17. The van der Waals surface area contributed by atoms with Crippen molar-refractivity contribution in [1.82, 2.24) is 4.90 Å². The molecule has 0 bridgehead atoms. The van der Waals surface area contributed by atoms with Crippen LogP contribution in [-0.4, -0.2) is 36.5 Å². The third-order valence-corrected chi connectivity index (χ3v) is 3.57. The highest BCUT2D eigenvalue weighted by atomic mass is 16.5. The van der Waals surface area contributed by atoms with E-state index in [1.807, 2.05) is 0 Å². The Morgan fingerprint density at radius 1 is 1.37 bits per heavy atom. The van der Waals surface area contributed by atoms with Crippen LogP contribution in [0.5, 0.6) is 0 Å². The van der Waals surface area contributed by atoms with Crippen LogP contribution in [-0.2, 0) is 14.3 Å². The lowest BCUT2D eigenvalue weighted by molar-refractivity contribution is -0.148. The highest BCUT2D eigenvalue weighted by molar-refractivity contribution is 5.82. The van der Waals surface area contributed by atoms with Crippen LogP contribution >= 0.6 is 0 Å². The minimum atomic E-state index is -0.349. The van der Waals surface area contributed by atoms with E-state index >= 15 is 0 Å². The number of hydrogen-bond donors (Lipinski definition) is 0. The molecule has 1 fully saturated rings. The monoisotopic (exact) mass is 267 g/mol. The highest BCUT2D eigenvalue weighted by Gasteiger charge is 2.20. The molecule has 1 aliphatic rings. The van der Waals surface area contributed by atoms with Gasteiger partial charge in [0.15, 0.2) is 0 Å². The maximum atomic E-state index is 12.1. The molecule has 1 aliphatic carbocycles. The highest BCUT2D eigenvalue weighted by Crippen LogP contribution is 2.28. The van der Waals surface area contributed by atoms with Gasteiger partial charge in [-0.25, -0.2) is 0 Å². The quantitative estimate of drug-likeness (QED) is 0.501. The van der Waals surface area contributed by atoms with Gasteiger partial charge in [-0.15, -0.1) is 6.58 Å². The molecule has 0 unspecified atom stereocenters. The summed E-state index contributed by atoms with van der Waals surface area (Å²) in [6, 6.07) is 0. The summed E-state index contributed by atoms with van der Waals surface area (Å²) >= 11 is 0. The minimum absolute atomic E-state index is 0.0276. The van der Waals surface area contributed by atoms with Crippen LogP contribution in [0.2, 0.25) is 0 Å². The number of carbonyl (C=O) groups is 2. The summed E-state index contributed by atoms with van der Waals surface area (Å²) in [7, 11) is 0. The van der Waals surface area contributed by atoms with Gasteiger partial charge >= 0.3 is 5.97 Å². The molecule has 4 nitrogen and oxygen atoms in total. The van der Waals surface area contributed by atoms with Gasteiger partial charge in [0.25, 0.3) is 0 Å².